The SMILES string of the molecule is C[C@H](Oc1cc(C(=O)Nc2cc([C@H]3C[C@@H](OC(=O)NC45CC(C4)C5)CO3)[nH]n2)n(C)n1)C(F)(F)F. The van der Waals surface area contributed by atoms with E-state index in [4.69, 9.17) is 14.2 Å². The number of nitrogens with zero attached hydrogens (tertiary/aromatic N) is 3. The molecule has 0 radical (unpaired) electrons. The first kappa shape index (κ1) is 23.5. The maximum atomic E-state index is 12.7. The molecule has 6 rings (SSSR count). The van der Waals surface area contributed by atoms with Crippen LogP contribution in [0.2, 0.25) is 0 Å². The molecule has 3 saturated carbocycles. The molecule has 0 aromatic carbocycles. The molecule has 2 bridgehead atoms. The molecule has 0 spiro atoms. The monoisotopic (exact) mass is 498 g/mol. The number of halogens is 3. The number of hydrogen-bond donors (Lipinski definition) is 3. The summed E-state index contributed by atoms with van der Waals surface area (Å²) < 4.78 is 55.2. The Morgan fingerprint density at radius 1 is 1.31 bits per heavy atom. The summed E-state index contributed by atoms with van der Waals surface area (Å²) in [6.45, 7) is 1.09. The molecule has 1 aliphatic heterocycles. The summed E-state index contributed by atoms with van der Waals surface area (Å²) >= 11 is 0. The minimum absolute atomic E-state index is 0.0146. The normalized spacial score (nSPS) is 28.0. The van der Waals surface area contributed by atoms with E-state index >= 15 is 0 Å². The topological polar surface area (TPSA) is 132 Å². The van der Waals surface area contributed by atoms with Gasteiger partial charge in [-0.2, -0.15) is 18.3 Å². The lowest BCUT2D eigenvalue weighted by Crippen LogP contribution is -2.68. The maximum Gasteiger partial charge on any atom is 0.425 e. The number of alkyl halides is 3. The van der Waals surface area contributed by atoms with E-state index in [1.54, 1.807) is 6.07 Å². The summed E-state index contributed by atoms with van der Waals surface area (Å²) in [5.41, 5.74) is 0.507. The van der Waals surface area contributed by atoms with Crippen LogP contribution in [-0.4, -0.2) is 62.5 Å². The van der Waals surface area contributed by atoms with Gasteiger partial charge in [-0.15, -0.1) is 5.10 Å². The fourth-order valence-electron chi connectivity index (χ4n) is 4.63. The van der Waals surface area contributed by atoms with Crippen molar-refractivity contribution < 1.29 is 37.0 Å². The average molecular weight is 498 g/mol. The van der Waals surface area contributed by atoms with Gasteiger partial charge in [0, 0.05) is 31.1 Å². The van der Waals surface area contributed by atoms with Gasteiger partial charge in [0.25, 0.3) is 5.91 Å². The molecule has 11 nitrogen and oxygen atoms in total. The van der Waals surface area contributed by atoms with E-state index < -0.39 is 36.5 Å². The summed E-state index contributed by atoms with van der Waals surface area (Å²) in [4.78, 5) is 24.7. The molecular formula is C21H25F3N6O5. The Morgan fingerprint density at radius 3 is 2.71 bits per heavy atom. The quantitative estimate of drug-likeness (QED) is 0.535. The van der Waals surface area contributed by atoms with E-state index in [0.717, 1.165) is 42.9 Å². The van der Waals surface area contributed by atoms with Crippen LogP contribution in [0.15, 0.2) is 12.1 Å². The van der Waals surface area contributed by atoms with Crippen LogP contribution in [0.4, 0.5) is 23.8 Å². The average Bonchev–Trinajstić information content (AvgIpc) is 3.43. The van der Waals surface area contributed by atoms with Gasteiger partial charge in [-0.25, -0.2) is 4.79 Å². The molecule has 3 N–H and O–H groups in total. The number of hydrogen-bond acceptors (Lipinski definition) is 7. The van der Waals surface area contributed by atoms with Gasteiger partial charge in [-0.1, -0.05) is 0 Å². The van der Waals surface area contributed by atoms with Gasteiger partial charge < -0.3 is 24.8 Å². The van der Waals surface area contributed by atoms with Crippen molar-refractivity contribution >= 4 is 17.8 Å². The number of aromatic amines is 1. The Bertz CT molecular complexity index is 1110. The number of anilines is 1. The first-order valence-corrected chi connectivity index (χ1v) is 11.2. The predicted octanol–water partition coefficient (Wildman–Crippen LogP) is 2.83. The summed E-state index contributed by atoms with van der Waals surface area (Å²) in [6.07, 6.45) is -4.37. The minimum atomic E-state index is -4.56. The fourth-order valence-corrected chi connectivity index (χ4v) is 4.63. The molecule has 190 valence electrons. The minimum Gasteiger partial charge on any atom is -0.464 e. The number of aromatic nitrogens is 4. The molecule has 3 atom stereocenters. The zero-order valence-electron chi connectivity index (χ0n) is 19.0. The Labute approximate surface area is 197 Å². The third-order valence-electron chi connectivity index (χ3n) is 6.67. The Kier molecular flexibility index (Phi) is 5.65. The first-order chi connectivity index (χ1) is 16.5. The molecular weight excluding hydrogens is 473 g/mol. The number of alkyl carbamates (subject to hydrolysis) is 1. The number of carbonyl (C=O) groups is 2. The number of amides is 2. The van der Waals surface area contributed by atoms with Crippen molar-refractivity contribution in [2.75, 3.05) is 11.9 Å². The van der Waals surface area contributed by atoms with Crippen LogP contribution in [0.3, 0.4) is 0 Å². The number of carbonyl (C=O) groups excluding carboxylic acids is 2. The first-order valence-electron chi connectivity index (χ1n) is 11.2. The highest BCUT2D eigenvalue weighted by molar-refractivity contribution is 6.02. The Hall–Kier alpha value is -3.29. The van der Waals surface area contributed by atoms with E-state index in [1.165, 1.54) is 7.05 Å². The standard InChI is InChI=1S/C21H25F3N6O5/c1-10(21(22,23)24)34-17-5-14(30(2)29-17)18(31)25-16-4-13(27-28-16)15-3-12(9-33-15)35-19(32)26-20-6-11(7-20)8-20/h4-5,10-12,15H,3,6-9H2,1-2H3,(H,26,32)(H2,25,27,28,31)/t10-,11?,12+,15+,20?/m0/s1. The lowest BCUT2D eigenvalue weighted by atomic mass is 9.50. The van der Waals surface area contributed by atoms with E-state index in [2.05, 4.69) is 25.9 Å². The zero-order valence-corrected chi connectivity index (χ0v) is 19.0. The van der Waals surface area contributed by atoms with Crippen LogP contribution >= 0.6 is 0 Å². The molecule has 3 aliphatic carbocycles. The van der Waals surface area contributed by atoms with Crippen molar-refractivity contribution in [2.24, 2.45) is 13.0 Å². The van der Waals surface area contributed by atoms with Crippen LogP contribution < -0.4 is 15.4 Å². The Morgan fingerprint density at radius 2 is 2.06 bits per heavy atom. The van der Waals surface area contributed by atoms with Gasteiger partial charge in [0.15, 0.2) is 11.9 Å². The third kappa shape index (κ3) is 4.79. The number of H-pyrrole nitrogens is 1. The van der Waals surface area contributed by atoms with E-state index in [-0.39, 0.29) is 29.5 Å². The van der Waals surface area contributed by atoms with Crippen molar-refractivity contribution in [3.8, 4) is 5.88 Å². The van der Waals surface area contributed by atoms with Crippen molar-refractivity contribution in [3.63, 3.8) is 0 Å². The van der Waals surface area contributed by atoms with Crippen molar-refractivity contribution in [1.29, 1.82) is 0 Å². The molecule has 4 fully saturated rings. The molecule has 2 amide bonds. The molecule has 2 aromatic rings. The highest BCUT2D eigenvalue weighted by Crippen LogP contribution is 2.56. The van der Waals surface area contributed by atoms with Gasteiger partial charge >= 0.3 is 12.3 Å². The van der Waals surface area contributed by atoms with Crippen LogP contribution in [0.1, 0.15) is 54.9 Å². The summed E-state index contributed by atoms with van der Waals surface area (Å²) in [5.74, 6) is -0.0254. The van der Waals surface area contributed by atoms with E-state index in [1.807, 2.05) is 0 Å². The van der Waals surface area contributed by atoms with Crippen LogP contribution in [0.5, 0.6) is 5.88 Å². The van der Waals surface area contributed by atoms with Gasteiger partial charge in [0.05, 0.1) is 12.3 Å². The van der Waals surface area contributed by atoms with Gasteiger partial charge in [-0.3, -0.25) is 14.6 Å². The second kappa shape index (κ2) is 8.43. The molecule has 2 aromatic heterocycles. The van der Waals surface area contributed by atoms with Gasteiger partial charge in [-0.05, 0) is 32.1 Å². The van der Waals surface area contributed by atoms with E-state index in [9.17, 15) is 22.8 Å². The molecule has 35 heavy (non-hydrogen) atoms. The van der Waals surface area contributed by atoms with Crippen molar-refractivity contribution in [3.05, 3.63) is 23.5 Å². The third-order valence-corrected chi connectivity index (χ3v) is 6.67. The largest absolute Gasteiger partial charge is 0.464 e. The second-order valence-corrected chi connectivity index (χ2v) is 9.42. The highest BCUT2D eigenvalue weighted by Gasteiger charge is 2.57. The van der Waals surface area contributed by atoms with Gasteiger partial charge in [0.2, 0.25) is 5.88 Å². The molecule has 3 heterocycles. The number of ether oxygens (including phenoxy) is 3. The van der Waals surface area contributed by atoms with Crippen LogP contribution in [-0.2, 0) is 16.5 Å². The fraction of sp³-hybridized carbons (Fsp3) is 0.619. The Balaban J connectivity index is 1.13. The maximum absolute atomic E-state index is 12.7. The lowest BCUT2D eigenvalue weighted by Gasteiger charge is -2.61. The summed E-state index contributed by atoms with van der Waals surface area (Å²) in [6, 6.07) is 2.69. The zero-order chi connectivity index (χ0) is 25.0. The van der Waals surface area contributed by atoms with Crippen LogP contribution in [0, 0.1) is 5.92 Å². The predicted molar refractivity (Wildman–Crippen MR) is 113 cm³/mol. The molecule has 1 saturated heterocycles. The second-order valence-electron chi connectivity index (χ2n) is 9.42. The van der Waals surface area contributed by atoms with Crippen LogP contribution in [0.25, 0.3) is 0 Å². The van der Waals surface area contributed by atoms with Crippen molar-refractivity contribution in [2.45, 2.75) is 62.6 Å². The summed E-state index contributed by atoms with van der Waals surface area (Å²) in [5, 5.41) is 16.1. The number of nitrogens with one attached hydrogen (secondary N) is 3. The van der Waals surface area contributed by atoms with Gasteiger partial charge in [0.1, 0.15) is 17.9 Å². The van der Waals surface area contributed by atoms with Crippen molar-refractivity contribution in [1.82, 2.24) is 25.3 Å². The summed E-state index contributed by atoms with van der Waals surface area (Å²) in [7, 11) is 1.41. The molecule has 0 unspecified atom stereocenters. The molecule has 14 heteroatoms. The lowest BCUT2D eigenvalue weighted by molar-refractivity contribution is -0.190. The smallest absolute Gasteiger partial charge is 0.425 e. The molecule has 4 aliphatic rings. The number of aryl methyl sites for hydroxylation is 1. The van der Waals surface area contributed by atoms with E-state index in [0.29, 0.717) is 12.1 Å². The highest BCUT2D eigenvalue weighted by atomic mass is 19.4. The number of rotatable bonds is 7.